The fraction of sp³-hybridized carbons (Fsp3) is 0.533. The third-order valence-electron chi connectivity index (χ3n) is 8.61. The number of aliphatic hydroxyl groups excluding tert-OH is 1. The SMILES string of the molecule is C[C@H]1CN([C@@H]2CC[C@@](C(=O)NCc3cc(C#N)cc(C(F)(F)F)c3)(C3CC3)OC2)CCN1c1ccc(F)c(CO)c1. The number of nitriles is 1. The minimum atomic E-state index is -4.59. The molecule has 2 aliphatic heterocycles. The van der Waals surface area contributed by atoms with E-state index < -0.39 is 23.2 Å². The van der Waals surface area contributed by atoms with Gasteiger partial charge in [0, 0.05) is 49.5 Å². The number of amides is 1. The number of rotatable bonds is 7. The average Bonchev–Trinajstić information content (AvgIpc) is 3.82. The number of piperazine rings is 1. The van der Waals surface area contributed by atoms with Crippen LogP contribution in [0.5, 0.6) is 0 Å². The fourth-order valence-electron chi connectivity index (χ4n) is 6.22. The highest BCUT2D eigenvalue weighted by Crippen LogP contribution is 2.47. The third kappa shape index (κ3) is 6.20. The van der Waals surface area contributed by atoms with Crippen LogP contribution in [-0.2, 0) is 28.9 Å². The first-order chi connectivity index (χ1) is 19.5. The quantitative estimate of drug-likeness (QED) is 0.478. The zero-order valence-electron chi connectivity index (χ0n) is 22.9. The number of ether oxygens (including phenoxy) is 1. The Kier molecular flexibility index (Phi) is 8.28. The summed E-state index contributed by atoms with van der Waals surface area (Å²) in [6, 6.07) is 9.94. The van der Waals surface area contributed by atoms with Crippen molar-refractivity contribution in [3.05, 3.63) is 64.5 Å². The van der Waals surface area contributed by atoms with Gasteiger partial charge in [-0.25, -0.2) is 4.39 Å². The molecule has 2 saturated heterocycles. The van der Waals surface area contributed by atoms with Gasteiger partial charge in [-0.3, -0.25) is 9.69 Å². The Morgan fingerprint density at radius 2 is 1.98 bits per heavy atom. The van der Waals surface area contributed by atoms with E-state index in [1.54, 1.807) is 18.2 Å². The predicted octanol–water partition coefficient (Wildman–Crippen LogP) is 4.36. The third-order valence-corrected chi connectivity index (χ3v) is 8.61. The Labute approximate surface area is 236 Å². The normalized spacial score (nSPS) is 25.5. The second kappa shape index (κ2) is 11.6. The molecule has 1 saturated carbocycles. The molecule has 5 rings (SSSR count). The van der Waals surface area contributed by atoms with Crippen molar-refractivity contribution in [1.29, 1.82) is 5.26 Å². The van der Waals surface area contributed by atoms with Crippen LogP contribution in [0, 0.1) is 23.1 Å². The predicted molar refractivity (Wildman–Crippen MR) is 143 cm³/mol. The highest BCUT2D eigenvalue weighted by molar-refractivity contribution is 5.86. The van der Waals surface area contributed by atoms with E-state index in [2.05, 4.69) is 22.0 Å². The standard InChI is InChI=1S/C30H34F4N4O3/c1-19-16-37(8-9-38(19)25-4-5-27(31)22(13-25)17-39)26-6-7-29(41-18-26,23-2-3-23)28(40)36-15-21-10-20(14-35)11-24(12-21)30(32,33)34/h4-5,10-13,19,23,26,39H,2-3,6-9,15-18H2,1H3,(H,36,40)/t19-,26+,29-/m0/s1. The lowest BCUT2D eigenvalue weighted by atomic mass is 9.85. The number of anilines is 1. The van der Waals surface area contributed by atoms with Crippen LogP contribution in [0.15, 0.2) is 36.4 Å². The van der Waals surface area contributed by atoms with Crippen LogP contribution in [0.3, 0.4) is 0 Å². The molecular weight excluding hydrogens is 540 g/mol. The van der Waals surface area contributed by atoms with Crippen molar-refractivity contribution >= 4 is 11.6 Å². The van der Waals surface area contributed by atoms with Crippen LogP contribution in [-0.4, -0.2) is 59.8 Å². The summed E-state index contributed by atoms with van der Waals surface area (Å²) in [6.07, 6.45) is -1.59. The van der Waals surface area contributed by atoms with Crippen molar-refractivity contribution in [3.63, 3.8) is 0 Å². The Bertz CT molecular complexity index is 1320. The van der Waals surface area contributed by atoms with Crippen molar-refractivity contribution < 1.29 is 32.2 Å². The number of carbonyl (C=O) groups excluding carboxylic acids is 1. The first-order valence-electron chi connectivity index (χ1n) is 14.0. The summed E-state index contributed by atoms with van der Waals surface area (Å²) < 4.78 is 60.0. The number of benzene rings is 2. The highest BCUT2D eigenvalue weighted by atomic mass is 19.4. The molecule has 2 aromatic rings. The second-order valence-corrected chi connectivity index (χ2v) is 11.3. The lowest BCUT2D eigenvalue weighted by Crippen LogP contribution is -2.60. The van der Waals surface area contributed by atoms with E-state index in [0.717, 1.165) is 56.7 Å². The first kappa shape index (κ1) is 29.3. The van der Waals surface area contributed by atoms with Gasteiger partial charge < -0.3 is 20.1 Å². The maximum atomic E-state index is 13.9. The van der Waals surface area contributed by atoms with Crippen LogP contribution < -0.4 is 10.2 Å². The number of nitrogens with zero attached hydrogens (tertiary/aromatic N) is 3. The Balaban J connectivity index is 1.20. The molecule has 220 valence electrons. The monoisotopic (exact) mass is 574 g/mol. The minimum absolute atomic E-state index is 0.0783. The van der Waals surface area contributed by atoms with Crippen LogP contribution in [0.25, 0.3) is 0 Å². The van der Waals surface area contributed by atoms with Gasteiger partial charge in [-0.2, -0.15) is 18.4 Å². The summed E-state index contributed by atoms with van der Waals surface area (Å²) in [6.45, 7) is 4.26. The molecule has 0 spiro atoms. The summed E-state index contributed by atoms with van der Waals surface area (Å²) in [7, 11) is 0. The van der Waals surface area contributed by atoms with E-state index >= 15 is 0 Å². The summed E-state index contributed by atoms with van der Waals surface area (Å²) in [5.74, 6) is -0.662. The highest BCUT2D eigenvalue weighted by Gasteiger charge is 2.54. The van der Waals surface area contributed by atoms with E-state index in [0.29, 0.717) is 13.0 Å². The molecule has 0 aromatic heterocycles. The molecule has 1 aliphatic carbocycles. The van der Waals surface area contributed by atoms with Crippen LogP contribution in [0.1, 0.15) is 54.9 Å². The molecule has 41 heavy (non-hydrogen) atoms. The number of hydrogen-bond donors (Lipinski definition) is 2. The van der Waals surface area contributed by atoms with E-state index in [-0.39, 0.29) is 53.8 Å². The topological polar surface area (TPSA) is 88.8 Å². The molecule has 2 heterocycles. The zero-order valence-corrected chi connectivity index (χ0v) is 22.9. The van der Waals surface area contributed by atoms with Crippen molar-refractivity contribution in [2.24, 2.45) is 5.92 Å². The van der Waals surface area contributed by atoms with E-state index in [1.165, 1.54) is 12.1 Å². The van der Waals surface area contributed by atoms with Crippen molar-refractivity contribution in [2.45, 2.75) is 69.6 Å². The van der Waals surface area contributed by atoms with Crippen molar-refractivity contribution in [2.75, 3.05) is 31.1 Å². The second-order valence-electron chi connectivity index (χ2n) is 11.3. The largest absolute Gasteiger partial charge is 0.416 e. The number of alkyl halides is 3. The molecule has 2 N–H and O–H groups in total. The van der Waals surface area contributed by atoms with E-state index in [4.69, 9.17) is 10.00 Å². The zero-order chi connectivity index (χ0) is 29.4. The summed E-state index contributed by atoms with van der Waals surface area (Å²) in [4.78, 5) is 18.0. The Morgan fingerprint density at radius 1 is 1.20 bits per heavy atom. The number of nitrogens with one attached hydrogen (secondary N) is 1. The van der Waals surface area contributed by atoms with Gasteiger partial charge in [0.2, 0.25) is 0 Å². The molecule has 0 unspecified atom stereocenters. The van der Waals surface area contributed by atoms with Crippen LogP contribution in [0.4, 0.5) is 23.2 Å². The van der Waals surface area contributed by atoms with Gasteiger partial charge in [-0.05, 0) is 80.5 Å². The fourth-order valence-corrected chi connectivity index (χ4v) is 6.22. The van der Waals surface area contributed by atoms with Gasteiger partial charge in [-0.15, -0.1) is 0 Å². The maximum Gasteiger partial charge on any atom is 0.416 e. The molecule has 2 aromatic carbocycles. The number of halogens is 4. The van der Waals surface area contributed by atoms with Gasteiger partial charge in [0.1, 0.15) is 11.4 Å². The van der Waals surface area contributed by atoms with E-state index in [1.807, 2.05) is 0 Å². The van der Waals surface area contributed by atoms with Crippen molar-refractivity contribution in [1.82, 2.24) is 10.2 Å². The summed E-state index contributed by atoms with van der Waals surface area (Å²) in [5, 5.41) is 21.4. The van der Waals surface area contributed by atoms with Gasteiger partial charge in [0.05, 0.1) is 30.4 Å². The molecule has 1 amide bonds. The van der Waals surface area contributed by atoms with E-state index in [9.17, 15) is 27.5 Å². The molecule has 3 atom stereocenters. The Morgan fingerprint density at radius 3 is 2.59 bits per heavy atom. The molecular formula is C30H34F4N4O3. The van der Waals surface area contributed by atoms with Crippen LogP contribution >= 0.6 is 0 Å². The summed E-state index contributed by atoms with van der Waals surface area (Å²) >= 11 is 0. The minimum Gasteiger partial charge on any atom is -0.392 e. The van der Waals surface area contributed by atoms with Gasteiger partial charge in [0.15, 0.2) is 0 Å². The lowest BCUT2D eigenvalue weighted by Gasteiger charge is -2.48. The molecule has 3 fully saturated rings. The number of hydrogen-bond acceptors (Lipinski definition) is 6. The number of carbonyl (C=O) groups is 1. The average molecular weight is 575 g/mol. The lowest BCUT2D eigenvalue weighted by molar-refractivity contribution is -0.165. The van der Waals surface area contributed by atoms with Crippen LogP contribution in [0.2, 0.25) is 0 Å². The van der Waals surface area contributed by atoms with Gasteiger partial charge >= 0.3 is 6.18 Å². The molecule has 0 radical (unpaired) electrons. The first-order valence-corrected chi connectivity index (χ1v) is 14.0. The summed E-state index contributed by atoms with van der Waals surface area (Å²) in [5.41, 5.74) is -0.681. The number of aliphatic hydroxyl groups is 1. The van der Waals surface area contributed by atoms with Gasteiger partial charge in [0.25, 0.3) is 5.91 Å². The molecule has 11 heteroatoms. The molecule has 0 bridgehead atoms. The van der Waals surface area contributed by atoms with Gasteiger partial charge in [-0.1, -0.05) is 0 Å². The Hall–Kier alpha value is -3.20. The smallest absolute Gasteiger partial charge is 0.392 e. The molecule has 7 nitrogen and oxygen atoms in total. The molecule has 3 aliphatic rings. The van der Waals surface area contributed by atoms with Crippen molar-refractivity contribution in [3.8, 4) is 6.07 Å². The maximum absolute atomic E-state index is 13.9.